The maximum absolute atomic E-state index is 10.6. The summed E-state index contributed by atoms with van der Waals surface area (Å²) in [6.07, 6.45) is -1.32. The van der Waals surface area contributed by atoms with Gasteiger partial charge in [0.15, 0.2) is 0 Å². The van der Waals surface area contributed by atoms with E-state index in [0.29, 0.717) is 0 Å². The van der Waals surface area contributed by atoms with Crippen molar-refractivity contribution in [2.24, 2.45) is 0 Å². The molecule has 6 heteroatoms. The summed E-state index contributed by atoms with van der Waals surface area (Å²) in [5, 5.41) is 8.84. The fourth-order valence-electron chi connectivity index (χ4n) is 0.646. The Bertz CT molecular complexity index is 226. The van der Waals surface area contributed by atoms with Crippen LogP contribution < -0.4 is 0 Å². The molecule has 0 saturated heterocycles. The van der Waals surface area contributed by atoms with E-state index in [0.717, 1.165) is 0 Å². The normalized spacial score (nSPS) is 27.3. The van der Waals surface area contributed by atoms with Crippen LogP contribution in [0.15, 0.2) is 10.6 Å². The topological polar surface area (TPSA) is 46.5 Å². The molecule has 0 bridgehead atoms. The molecule has 1 aliphatic heterocycles. The zero-order valence-electron chi connectivity index (χ0n) is 5.05. The van der Waals surface area contributed by atoms with E-state index in [1.54, 1.807) is 0 Å². The number of esters is 1. The van der Waals surface area contributed by atoms with Gasteiger partial charge < -0.3 is 9.84 Å². The van der Waals surface area contributed by atoms with Crippen LogP contribution in [-0.2, 0) is 9.53 Å². The predicted octanol–water partition coefficient (Wildman–Crippen LogP) is 1.31. The Hall–Kier alpha value is 0.230. The standard InChI is InChI=1S/C5H3BrCl2O3/c6-3(8)1-2(7)5(10)11-4(1)9/h3-4,9H/t3-,4-/m0/s1. The van der Waals surface area contributed by atoms with Gasteiger partial charge in [-0.2, -0.15) is 0 Å². The highest BCUT2D eigenvalue weighted by atomic mass is 79.9. The Morgan fingerprint density at radius 1 is 1.73 bits per heavy atom. The van der Waals surface area contributed by atoms with Gasteiger partial charge in [-0.15, -0.1) is 11.6 Å². The molecule has 0 aromatic heterocycles. The molecule has 0 saturated carbocycles. The fourth-order valence-corrected chi connectivity index (χ4v) is 1.75. The van der Waals surface area contributed by atoms with Gasteiger partial charge in [-0.05, 0) is 0 Å². The molecule has 0 aliphatic carbocycles. The van der Waals surface area contributed by atoms with Crippen molar-refractivity contribution < 1.29 is 14.6 Å². The van der Waals surface area contributed by atoms with Crippen LogP contribution in [0.5, 0.6) is 0 Å². The van der Waals surface area contributed by atoms with Gasteiger partial charge in [0.2, 0.25) is 6.29 Å². The largest absolute Gasteiger partial charge is 0.427 e. The van der Waals surface area contributed by atoms with Gasteiger partial charge in [0.1, 0.15) is 9.32 Å². The van der Waals surface area contributed by atoms with Crippen LogP contribution in [0.4, 0.5) is 0 Å². The number of alkyl halides is 2. The summed E-state index contributed by atoms with van der Waals surface area (Å²) in [5.74, 6) is -0.751. The number of carbonyl (C=O) groups is 1. The lowest BCUT2D eigenvalue weighted by Crippen LogP contribution is -2.13. The van der Waals surface area contributed by atoms with Gasteiger partial charge in [0.05, 0.1) is 5.57 Å². The first-order valence-electron chi connectivity index (χ1n) is 2.60. The summed E-state index contributed by atoms with van der Waals surface area (Å²) < 4.78 is 3.66. The van der Waals surface area contributed by atoms with E-state index in [1.807, 2.05) is 0 Å². The summed E-state index contributed by atoms with van der Waals surface area (Å²) in [6.45, 7) is 0. The lowest BCUT2D eigenvalue weighted by molar-refractivity contribution is -0.151. The first-order valence-corrected chi connectivity index (χ1v) is 4.33. The molecule has 0 amide bonds. The highest BCUT2D eigenvalue weighted by Gasteiger charge is 2.34. The summed E-state index contributed by atoms with van der Waals surface area (Å²) in [6, 6.07) is 0. The van der Waals surface area contributed by atoms with Crippen molar-refractivity contribution in [2.75, 3.05) is 0 Å². The first-order chi connectivity index (χ1) is 5.04. The molecule has 0 radical (unpaired) electrons. The molecule has 11 heavy (non-hydrogen) atoms. The van der Waals surface area contributed by atoms with E-state index in [9.17, 15) is 4.79 Å². The molecule has 0 aromatic carbocycles. The SMILES string of the molecule is O=C1O[C@H](O)C([C@H](Cl)Br)=C1Cl. The fraction of sp³-hybridized carbons (Fsp3) is 0.400. The minimum Gasteiger partial charge on any atom is -0.427 e. The third kappa shape index (κ3) is 1.69. The molecule has 1 heterocycles. The van der Waals surface area contributed by atoms with Crippen LogP contribution in [0, 0.1) is 0 Å². The number of hydrogen-bond acceptors (Lipinski definition) is 3. The van der Waals surface area contributed by atoms with Crippen LogP contribution in [0.2, 0.25) is 0 Å². The molecule has 0 unspecified atom stereocenters. The van der Waals surface area contributed by atoms with Crippen LogP contribution in [0.25, 0.3) is 0 Å². The van der Waals surface area contributed by atoms with Crippen LogP contribution in [0.3, 0.4) is 0 Å². The van der Waals surface area contributed by atoms with Gasteiger partial charge in [0, 0.05) is 0 Å². The molecule has 62 valence electrons. The van der Waals surface area contributed by atoms with Crippen LogP contribution in [-0.4, -0.2) is 21.7 Å². The molecule has 2 atom stereocenters. The monoisotopic (exact) mass is 260 g/mol. The van der Waals surface area contributed by atoms with Crippen molar-refractivity contribution >= 4 is 45.1 Å². The van der Waals surface area contributed by atoms with Crippen molar-refractivity contribution in [3.8, 4) is 0 Å². The molecular weight excluding hydrogens is 259 g/mol. The quantitative estimate of drug-likeness (QED) is 0.572. The number of aliphatic hydroxyl groups excluding tert-OH is 1. The number of ether oxygens (including phenoxy) is 1. The molecule has 0 fully saturated rings. The Morgan fingerprint density at radius 3 is 2.45 bits per heavy atom. The highest BCUT2D eigenvalue weighted by Crippen LogP contribution is 2.31. The van der Waals surface area contributed by atoms with Gasteiger partial charge >= 0.3 is 5.97 Å². The number of cyclic esters (lactones) is 1. The van der Waals surface area contributed by atoms with Gasteiger partial charge in [-0.1, -0.05) is 27.5 Å². The third-order valence-electron chi connectivity index (χ3n) is 1.15. The first kappa shape index (κ1) is 9.32. The van der Waals surface area contributed by atoms with Crippen molar-refractivity contribution in [2.45, 2.75) is 10.6 Å². The number of aliphatic hydroxyl groups is 1. The predicted molar refractivity (Wildman–Crippen MR) is 43.5 cm³/mol. The molecular formula is C5H3BrCl2O3. The molecule has 3 nitrogen and oxygen atoms in total. The highest BCUT2D eigenvalue weighted by molar-refractivity contribution is 9.10. The molecule has 0 aromatic rings. The number of hydrogen-bond donors (Lipinski definition) is 1. The average molecular weight is 262 g/mol. The van der Waals surface area contributed by atoms with Crippen molar-refractivity contribution in [1.29, 1.82) is 0 Å². The van der Waals surface area contributed by atoms with Crippen molar-refractivity contribution in [1.82, 2.24) is 0 Å². The Balaban J connectivity index is 2.97. The zero-order valence-corrected chi connectivity index (χ0v) is 8.15. The molecule has 1 N–H and O–H groups in total. The lowest BCUT2D eigenvalue weighted by atomic mass is 10.3. The van der Waals surface area contributed by atoms with Crippen LogP contribution in [0.1, 0.15) is 0 Å². The average Bonchev–Trinajstić information content (AvgIpc) is 2.07. The second kappa shape index (κ2) is 3.31. The maximum atomic E-state index is 10.6. The summed E-state index contributed by atoms with van der Waals surface area (Å²) in [7, 11) is 0. The number of carbonyl (C=O) groups excluding carboxylic acids is 1. The Kier molecular flexibility index (Phi) is 2.80. The second-order valence-corrected chi connectivity index (χ2v) is 4.08. The Morgan fingerprint density at radius 2 is 2.27 bits per heavy atom. The zero-order chi connectivity index (χ0) is 8.59. The Labute approximate surface area is 81.0 Å². The minimum atomic E-state index is -1.32. The third-order valence-corrected chi connectivity index (χ3v) is 2.25. The van der Waals surface area contributed by atoms with E-state index in [-0.39, 0.29) is 10.6 Å². The van der Waals surface area contributed by atoms with E-state index in [2.05, 4.69) is 20.7 Å². The van der Waals surface area contributed by atoms with Crippen molar-refractivity contribution in [3.05, 3.63) is 10.6 Å². The summed E-state index contributed by atoms with van der Waals surface area (Å²) in [5.41, 5.74) is 0.151. The molecule has 1 aliphatic rings. The number of rotatable bonds is 1. The smallest absolute Gasteiger partial charge is 0.352 e. The van der Waals surface area contributed by atoms with E-state index < -0.39 is 16.5 Å². The second-order valence-electron chi connectivity index (χ2n) is 1.83. The van der Waals surface area contributed by atoms with Crippen molar-refractivity contribution in [3.63, 3.8) is 0 Å². The van der Waals surface area contributed by atoms with E-state index >= 15 is 0 Å². The minimum absolute atomic E-state index is 0.151. The van der Waals surface area contributed by atoms with E-state index in [4.69, 9.17) is 28.3 Å². The van der Waals surface area contributed by atoms with Gasteiger partial charge in [-0.3, -0.25) is 0 Å². The molecule has 1 rings (SSSR count). The number of halogens is 3. The van der Waals surface area contributed by atoms with Gasteiger partial charge in [-0.25, -0.2) is 4.79 Å². The summed E-state index contributed by atoms with van der Waals surface area (Å²) in [4.78, 5) is 10.6. The lowest BCUT2D eigenvalue weighted by Gasteiger charge is -2.06. The van der Waals surface area contributed by atoms with Gasteiger partial charge in [0.25, 0.3) is 0 Å². The van der Waals surface area contributed by atoms with E-state index in [1.165, 1.54) is 0 Å². The molecule has 0 spiro atoms. The summed E-state index contributed by atoms with van der Waals surface area (Å²) >= 11 is 13.9. The van der Waals surface area contributed by atoms with Crippen LogP contribution >= 0.6 is 39.1 Å². The maximum Gasteiger partial charge on any atom is 0.352 e.